The van der Waals surface area contributed by atoms with E-state index in [1.54, 1.807) is 0 Å². The van der Waals surface area contributed by atoms with E-state index in [0.29, 0.717) is 29.3 Å². The molecule has 3 heterocycles. The average molecular weight is 882 g/mol. The summed E-state index contributed by atoms with van der Waals surface area (Å²) >= 11 is 0. The summed E-state index contributed by atoms with van der Waals surface area (Å²) in [5.41, 5.74) is 12.4. The molecule has 4 aromatic carbocycles. The molecule has 0 amide bonds. The SMILES string of the molecule is Cc1nn(-c2[c-]c(Oc3[c-]c4c(cc3)c3ccccc3n4-c3cc(C(C)C)ccn3)cc(C(C)(C)C)c2)c(C)c1-c1c(C(C)C)cccc1C(C)C.[Pt+2]. The van der Waals surface area contributed by atoms with E-state index in [9.17, 15) is 0 Å². The van der Waals surface area contributed by atoms with Crippen molar-refractivity contribution in [3.63, 3.8) is 0 Å². The number of nitrogens with zero attached hydrogens (tertiary/aromatic N) is 4. The van der Waals surface area contributed by atoms with Gasteiger partial charge in [0.1, 0.15) is 5.82 Å². The molecule has 274 valence electrons. The van der Waals surface area contributed by atoms with Crippen LogP contribution >= 0.6 is 0 Å². The van der Waals surface area contributed by atoms with Crippen molar-refractivity contribution in [3.05, 3.63) is 131 Å². The minimum absolute atomic E-state index is 0. The maximum absolute atomic E-state index is 6.71. The Bertz CT molecular complexity index is 2410. The molecule has 6 heteroatoms. The van der Waals surface area contributed by atoms with E-state index in [4.69, 9.17) is 14.8 Å². The van der Waals surface area contributed by atoms with Crippen molar-refractivity contribution < 1.29 is 25.8 Å². The van der Waals surface area contributed by atoms with Crippen LogP contribution in [0.5, 0.6) is 11.5 Å². The summed E-state index contributed by atoms with van der Waals surface area (Å²) in [6.07, 6.45) is 1.90. The number of ether oxygens (including phenoxy) is 1. The molecule has 0 aliphatic heterocycles. The fourth-order valence-electron chi connectivity index (χ4n) is 7.42. The summed E-state index contributed by atoms with van der Waals surface area (Å²) in [4.78, 5) is 4.82. The fraction of sp³-hybridized carbons (Fsp3) is 0.319. The van der Waals surface area contributed by atoms with Gasteiger partial charge in [-0.2, -0.15) is 11.2 Å². The zero-order chi connectivity index (χ0) is 37.1. The minimum atomic E-state index is -0.136. The second kappa shape index (κ2) is 14.7. The number of hydrogen-bond acceptors (Lipinski definition) is 3. The van der Waals surface area contributed by atoms with Crippen molar-refractivity contribution in [1.29, 1.82) is 0 Å². The molecule has 7 aromatic rings. The van der Waals surface area contributed by atoms with Gasteiger partial charge < -0.3 is 9.30 Å². The van der Waals surface area contributed by atoms with Crippen LogP contribution in [0.25, 0.3) is 44.4 Å². The number of fused-ring (bicyclic) bond motifs is 3. The first-order chi connectivity index (χ1) is 24.7. The predicted molar refractivity (Wildman–Crippen MR) is 216 cm³/mol. The van der Waals surface area contributed by atoms with E-state index in [2.05, 4.69) is 166 Å². The largest absolute Gasteiger partial charge is 2.00 e. The Morgan fingerprint density at radius 1 is 0.698 bits per heavy atom. The zero-order valence-electron chi connectivity index (χ0n) is 32.8. The van der Waals surface area contributed by atoms with E-state index < -0.39 is 0 Å². The monoisotopic (exact) mass is 881 g/mol. The molecule has 0 unspecified atom stereocenters. The molecule has 0 aliphatic carbocycles. The first-order valence-electron chi connectivity index (χ1n) is 18.6. The molecule has 0 saturated carbocycles. The normalized spacial score (nSPS) is 12.0. The number of hydrogen-bond donors (Lipinski definition) is 0. The number of rotatable bonds is 8. The van der Waals surface area contributed by atoms with Crippen LogP contribution in [-0.4, -0.2) is 19.3 Å². The van der Waals surface area contributed by atoms with Gasteiger partial charge in [-0.1, -0.05) is 104 Å². The third kappa shape index (κ3) is 7.13. The Morgan fingerprint density at radius 3 is 2.06 bits per heavy atom. The van der Waals surface area contributed by atoms with Crippen LogP contribution in [0, 0.1) is 26.0 Å². The zero-order valence-corrected chi connectivity index (χ0v) is 35.1. The maximum atomic E-state index is 6.71. The van der Waals surface area contributed by atoms with Crippen molar-refractivity contribution in [3.8, 4) is 34.1 Å². The summed E-state index contributed by atoms with van der Waals surface area (Å²) < 4.78 is 11.0. The van der Waals surface area contributed by atoms with Crippen molar-refractivity contribution >= 4 is 21.8 Å². The average Bonchev–Trinajstić information content (AvgIpc) is 3.59. The predicted octanol–water partition coefficient (Wildman–Crippen LogP) is 12.7. The third-order valence-corrected chi connectivity index (χ3v) is 10.3. The Balaban J connectivity index is 0.00000481. The molecule has 0 saturated heterocycles. The van der Waals surface area contributed by atoms with Gasteiger partial charge in [-0.15, -0.1) is 41.3 Å². The number of pyridine rings is 1. The van der Waals surface area contributed by atoms with Gasteiger partial charge in [-0.25, -0.2) is 4.98 Å². The molecule has 0 aliphatic rings. The van der Waals surface area contributed by atoms with Crippen molar-refractivity contribution in [1.82, 2.24) is 19.3 Å². The van der Waals surface area contributed by atoms with Crippen molar-refractivity contribution in [2.75, 3.05) is 0 Å². The van der Waals surface area contributed by atoms with Gasteiger partial charge in [0.2, 0.25) is 0 Å². The van der Waals surface area contributed by atoms with E-state index in [-0.39, 0.29) is 26.5 Å². The molecule has 0 radical (unpaired) electrons. The van der Waals surface area contributed by atoms with E-state index >= 15 is 0 Å². The molecular weight excluding hydrogens is 832 g/mol. The summed E-state index contributed by atoms with van der Waals surface area (Å²) in [6.45, 7) is 24.5. The number of aryl methyl sites for hydroxylation is 1. The third-order valence-electron chi connectivity index (χ3n) is 10.3. The summed E-state index contributed by atoms with van der Waals surface area (Å²) in [6, 6.07) is 35.1. The van der Waals surface area contributed by atoms with Gasteiger partial charge in [0.15, 0.2) is 0 Å². The van der Waals surface area contributed by atoms with Gasteiger partial charge in [-0.3, -0.25) is 4.68 Å². The van der Waals surface area contributed by atoms with Gasteiger partial charge >= 0.3 is 21.1 Å². The molecule has 3 aromatic heterocycles. The number of benzene rings is 4. The topological polar surface area (TPSA) is 44.9 Å². The first-order valence-corrected chi connectivity index (χ1v) is 18.6. The smallest absolute Gasteiger partial charge is 0.509 e. The van der Waals surface area contributed by atoms with Crippen LogP contribution in [0.15, 0.2) is 85.1 Å². The van der Waals surface area contributed by atoms with Gasteiger partial charge in [0.05, 0.1) is 5.69 Å². The van der Waals surface area contributed by atoms with Gasteiger partial charge in [0.25, 0.3) is 0 Å². The molecule has 7 rings (SSSR count). The molecular formula is C47H50N4OPt. The van der Waals surface area contributed by atoms with Gasteiger partial charge in [0, 0.05) is 34.5 Å². The Morgan fingerprint density at radius 2 is 1.40 bits per heavy atom. The maximum Gasteiger partial charge on any atom is 2.00 e. The van der Waals surface area contributed by atoms with Crippen LogP contribution in [0.3, 0.4) is 0 Å². The molecule has 0 bridgehead atoms. The Hall–Kier alpha value is -4.47. The summed E-state index contributed by atoms with van der Waals surface area (Å²) in [5, 5.41) is 7.43. The molecule has 5 nitrogen and oxygen atoms in total. The van der Waals surface area contributed by atoms with E-state index in [0.717, 1.165) is 50.3 Å². The number of aromatic nitrogens is 4. The quantitative estimate of drug-likeness (QED) is 0.143. The minimum Gasteiger partial charge on any atom is -0.509 e. The van der Waals surface area contributed by atoms with Crippen LogP contribution < -0.4 is 4.74 Å². The van der Waals surface area contributed by atoms with Crippen LogP contribution in [0.1, 0.15) is 114 Å². The van der Waals surface area contributed by atoms with Crippen LogP contribution in [-0.2, 0) is 26.5 Å². The van der Waals surface area contributed by atoms with Gasteiger partial charge in [-0.05, 0) is 88.5 Å². The van der Waals surface area contributed by atoms with E-state index in [1.807, 2.05) is 16.9 Å². The molecule has 0 atom stereocenters. The van der Waals surface area contributed by atoms with Crippen LogP contribution in [0.2, 0.25) is 0 Å². The summed E-state index contributed by atoms with van der Waals surface area (Å²) in [5.74, 6) is 3.27. The fourth-order valence-corrected chi connectivity index (χ4v) is 7.42. The molecule has 0 spiro atoms. The number of para-hydroxylation sites is 1. The second-order valence-corrected chi connectivity index (χ2v) is 16.1. The standard InChI is InChI=1S/C47H50N4O.Pt/c1-28(2)33-21-22-48-44(23-33)50-42-18-13-12-15-40(42)41-20-19-36(27-43(41)50)52-37-25-34(47(9,10)11)24-35(26-37)51-32(8)45(31(7)49-51)46-38(29(3)4)16-14-17-39(46)30(5)6;/h12-25,28-30H,1-11H3;/q-2;+2. The summed E-state index contributed by atoms with van der Waals surface area (Å²) in [7, 11) is 0. The molecule has 0 N–H and O–H groups in total. The molecule has 0 fully saturated rings. The first kappa shape index (κ1) is 38.3. The van der Waals surface area contributed by atoms with E-state index in [1.165, 1.54) is 27.8 Å². The van der Waals surface area contributed by atoms with Crippen molar-refractivity contribution in [2.45, 2.75) is 99.3 Å². The Kier molecular flexibility index (Phi) is 10.6. The Labute approximate surface area is 329 Å². The molecule has 53 heavy (non-hydrogen) atoms. The van der Waals surface area contributed by atoms with Crippen molar-refractivity contribution in [2.24, 2.45) is 0 Å². The van der Waals surface area contributed by atoms with Crippen LogP contribution in [0.4, 0.5) is 0 Å². The second-order valence-electron chi connectivity index (χ2n) is 16.1.